The van der Waals surface area contributed by atoms with E-state index in [1.807, 2.05) is 50.2 Å². The summed E-state index contributed by atoms with van der Waals surface area (Å²) in [5.74, 6) is 0.384. The number of nitrogens with zero attached hydrogens (tertiary/aromatic N) is 4. The van der Waals surface area contributed by atoms with Gasteiger partial charge < -0.3 is 10.2 Å². The van der Waals surface area contributed by atoms with Crippen LogP contribution in [0.4, 0.5) is 17.3 Å². The average Bonchev–Trinajstić information content (AvgIpc) is 2.47. The summed E-state index contributed by atoms with van der Waals surface area (Å²) in [7, 11) is 3.87. The lowest BCUT2D eigenvalue weighted by atomic mass is 10.1. The van der Waals surface area contributed by atoms with Gasteiger partial charge in [0.15, 0.2) is 5.69 Å². The number of hydrogen-bond donors (Lipinski definition) is 1. The van der Waals surface area contributed by atoms with Crippen LogP contribution in [0.5, 0.6) is 0 Å². The lowest BCUT2D eigenvalue weighted by Gasteiger charge is -2.12. The fraction of sp³-hybridized carbons (Fsp3) is 0.286. The van der Waals surface area contributed by atoms with E-state index < -0.39 is 4.92 Å². The Morgan fingerprint density at radius 1 is 1.29 bits per heavy atom. The number of anilines is 2. The molecule has 0 fully saturated rings. The lowest BCUT2D eigenvalue weighted by Crippen LogP contribution is -2.08. The zero-order valence-electron chi connectivity index (χ0n) is 12.2. The molecule has 0 amide bonds. The zero-order chi connectivity index (χ0) is 15.4. The summed E-state index contributed by atoms with van der Waals surface area (Å²) in [5, 5.41) is 14.1. The van der Waals surface area contributed by atoms with E-state index in [1.165, 1.54) is 6.20 Å². The predicted molar refractivity (Wildman–Crippen MR) is 82.6 cm³/mol. The number of rotatable bonds is 5. The van der Waals surface area contributed by atoms with Crippen LogP contribution in [0, 0.1) is 10.1 Å². The van der Waals surface area contributed by atoms with Crippen LogP contribution in [0.2, 0.25) is 0 Å². The van der Waals surface area contributed by atoms with Crippen LogP contribution < -0.4 is 10.2 Å². The third-order valence-electron chi connectivity index (χ3n) is 2.96. The van der Waals surface area contributed by atoms with Gasteiger partial charge in [-0.05, 0) is 19.1 Å². The fourth-order valence-electron chi connectivity index (χ4n) is 1.88. The highest BCUT2D eigenvalue weighted by Crippen LogP contribution is 2.29. The molecule has 7 nitrogen and oxygen atoms in total. The second kappa shape index (κ2) is 6.17. The summed E-state index contributed by atoms with van der Waals surface area (Å²) in [5.41, 5.74) is 1.92. The molecule has 21 heavy (non-hydrogen) atoms. The summed E-state index contributed by atoms with van der Waals surface area (Å²) < 4.78 is 0. The smallest absolute Gasteiger partial charge is 0.313 e. The minimum atomic E-state index is -0.467. The van der Waals surface area contributed by atoms with Crippen molar-refractivity contribution in [2.24, 2.45) is 0 Å². The van der Waals surface area contributed by atoms with Gasteiger partial charge in [-0.25, -0.2) is 9.97 Å². The van der Waals surface area contributed by atoms with Crippen molar-refractivity contribution in [2.45, 2.75) is 6.92 Å². The lowest BCUT2D eigenvalue weighted by molar-refractivity contribution is -0.384. The van der Waals surface area contributed by atoms with Gasteiger partial charge in [-0.1, -0.05) is 12.1 Å². The Labute approximate surface area is 122 Å². The van der Waals surface area contributed by atoms with Crippen LogP contribution in [-0.2, 0) is 0 Å². The molecule has 1 aromatic heterocycles. The summed E-state index contributed by atoms with van der Waals surface area (Å²) in [6.45, 7) is 2.56. The van der Waals surface area contributed by atoms with E-state index in [0.29, 0.717) is 23.8 Å². The van der Waals surface area contributed by atoms with Crippen molar-refractivity contribution in [3.05, 3.63) is 40.6 Å². The maximum atomic E-state index is 11.1. The van der Waals surface area contributed by atoms with Crippen LogP contribution in [0.15, 0.2) is 30.5 Å². The Balaban J connectivity index is 2.48. The molecule has 0 radical (unpaired) electrons. The Morgan fingerprint density at radius 3 is 2.48 bits per heavy atom. The van der Waals surface area contributed by atoms with Gasteiger partial charge in [0, 0.05) is 31.9 Å². The van der Waals surface area contributed by atoms with Crippen molar-refractivity contribution in [3.63, 3.8) is 0 Å². The number of nitrogens with one attached hydrogen (secondary N) is 1. The molecule has 0 saturated heterocycles. The SMILES string of the molecule is CCNc1ncc([N+](=O)[O-])c(-c2ccc(N(C)C)cc2)n1. The van der Waals surface area contributed by atoms with Gasteiger partial charge in [0.25, 0.3) is 0 Å². The van der Waals surface area contributed by atoms with Gasteiger partial charge in [0.1, 0.15) is 6.20 Å². The van der Waals surface area contributed by atoms with Crippen LogP contribution in [0.25, 0.3) is 11.3 Å². The highest BCUT2D eigenvalue weighted by molar-refractivity contribution is 5.71. The van der Waals surface area contributed by atoms with Gasteiger partial charge in [-0.2, -0.15) is 0 Å². The zero-order valence-corrected chi connectivity index (χ0v) is 12.2. The van der Waals surface area contributed by atoms with Gasteiger partial charge >= 0.3 is 5.69 Å². The number of nitro groups is 1. The normalized spacial score (nSPS) is 10.2. The Morgan fingerprint density at radius 2 is 1.95 bits per heavy atom. The summed E-state index contributed by atoms with van der Waals surface area (Å²) in [6.07, 6.45) is 1.24. The standard InChI is InChI=1S/C14H17N5O2/c1-4-15-14-16-9-12(19(20)21)13(17-14)10-5-7-11(8-6-10)18(2)3/h5-9H,4H2,1-3H3,(H,15,16,17). The number of aromatic nitrogens is 2. The monoisotopic (exact) mass is 287 g/mol. The fourth-order valence-corrected chi connectivity index (χ4v) is 1.88. The van der Waals surface area contributed by atoms with Crippen molar-refractivity contribution >= 4 is 17.3 Å². The molecular weight excluding hydrogens is 270 g/mol. The number of benzene rings is 1. The summed E-state index contributed by atoms with van der Waals surface area (Å²) >= 11 is 0. The largest absolute Gasteiger partial charge is 0.378 e. The van der Waals surface area contributed by atoms with E-state index in [9.17, 15) is 10.1 Å². The molecule has 0 spiro atoms. The van der Waals surface area contributed by atoms with Crippen LogP contribution >= 0.6 is 0 Å². The predicted octanol–water partition coefficient (Wildman–Crippen LogP) is 2.55. The summed E-state index contributed by atoms with van der Waals surface area (Å²) in [4.78, 5) is 20.8. The van der Waals surface area contributed by atoms with Gasteiger partial charge in [-0.3, -0.25) is 10.1 Å². The molecule has 0 bridgehead atoms. The minimum Gasteiger partial charge on any atom is -0.378 e. The Kier molecular flexibility index (Phi) is 4.32. The molecule has 1 heterocycles. The van der Waals surface area contributed by atoms with E-state index in [-0.39, 0.29) is 5.69 Å². The molecule has 1 aromatic carbocycles. The van der Waals surface area contributed by atoms with E-state index in [2.05, 4.69) is 15.3 Å². The first-order chi connectivity index (χ1) is 10.0. The van der Waals surface area contributed by atoms with Crippen molar-refractivity contribution in [1.29, 1.82) is 0 Å². The van der Waals surface area contributed by atoms with Crippen LogP contribution in [-0.4, -0.2) is 35.5 Å². The topological polar surface area (TPSA) is 84.2 Å². The molecule has 0 aliphatic carbocycles. The van der Waals surface area contributed by atoms with Gasteiger partial charge in [0.2, 0.25) is 5.95 Å². The Hall–Kier alpha value is -2.70. The minimum absolute atomic E-state index is 0.103. The maximum Gasteiger partial charge on any atom is 0.313 e. The van der Waals surface area contributed by atoms with Gasteiger partial charge in [0.05, 0.1) is 4.92 Å². The first kappa shape index (κ1) is 14.7. The molecule has 1 N–H and O–H groups in total. The van der Waals surface area contributed by atoms with Crippen LogP contribution in [0.1, 0.15) is 6.92 Å². The van der Waals surface area contributed by atoms with E-state index in [1.54, 1.807) is 0 Å². The molecule has 0 saturated carbocycles. The first-order valence-electron chi connectivity index (χ1n) is 6.56. The van der Waals surface area contributed by atoms with Gasteiger partial charge in [-0.15, -0.1) is 0 Å². The van der Waals surface area contributed by atoms with Crippen molar-refractivity contribution in [1.82, 2.24) is 9.97 Å². The molecule has 0 aliphatic heterocycles. The highest BCUT2D eigenvalue weighted by Gasteiger charge is 2.18. The first-order valence-corrected chi connectivity index (χ1v) is 6.56. The van der Waals surface area contributed by atoms with Crippen molar-refractivity contribution in [2.75, 3.05) is 30.9 Å². The number of hydrogen-bond acceptors (Lipinski definition) is 6. The molecule has 7 heteroatoms. The Bertz CT molecular complexity index is 640. The molecule has 0 unspecified atom stereocenters. The molecule has 0 atom stereocenters. The summed E-state index contributed by atoms with van der Waals surface area (Å²) in [6, 6.07) is 7.43. The average molecular weight is 287 g/mol. The van der Waals surface area contributed by atoms with Crippen molar-refractivity contribution < 1.29 is 4.92 Å². The quantitative estimate of drug-likeness (QED) is 0.672. The molecule has 2 rings (SSSR count). The van der Waals surface area contributed by atoms with E-state index >= 15 is 0 Å². The van der Waals surface area contributed by atoms with Crippen molar-refractivity contribution in [3.8, 4) is 11.3 Å². The van der Waals surface area contributed by atoms with E-state index in [4.69, 9.17) is 0 Å². The molecule has 2 aromatic rings. The molecule has 110 valence electrons. The maximum absolute atomic E-state index is 11.1. The molecule has 0 aliphatic rings. The van der Waals surface area contributed by atoms with E-state index in [0.717, 1.165) is 5.69 Å². The second-order valence-electron chi connectivity index (χ2n) is 4.66. The van der Waals surface area contributed by atoms with Crippen LogP contribution in [0.3, 0.4) is 0 Å². The molecular formula is C14H17N5O2. The third kappa shape index (κ3) is 3.25. The third-order valence-corrected chi connectivity index (χ3v) is 2.96. The highest BCUT2D eigenvalue weighted by atomic mass is 16.6. The second-order valence-corrected chi connectivity index (χ2v) is 4.66.